The summed E-state index contributed by atoms with van der Waals surface area (Å²) >= 11 is 0. The molecular formula is C33H45N13O5. The highest BCUT2D eigenvalue weighted by Crippen LogP contribution is 2.17. The van der Waals surface area contributed by atoms with E-state index in [1.807, 2.05) is 42.5 Å². The molecule has 2 heterocycles. The molecule has 4 atom stereocenters. The molecule has 0 bridgehead atoms. The third kappa shape index (κ3) is 12.0. The zero-order valence-corrected chi connectivity index (χ0v) is 28.1. The zero-order chi connectivity index (χ0) is 36.8. The highest BCUT2D eigenvalue weighted by atomic mass is 16.2. The van der Waals surface area contributed by atoms with Gasteiger partial charge in [0.15, 0.2) is 11.9 Å². The minimum absolute atomic E-state index is 0.0147. The maximum atomic E-state index is 13.9. The Kier molecular flexibility index (Phi) is 13.7. The third-order valence-corrected chi connectivity index (χ3v) is 8.10. The van der Waals surface area contributed by atoms with E-state index in [1.54, 1.807) is 0 Å². The highest BCUT2D eigenvalue weighted by Gasteiger charge is 2.32. The van der Waals surface area contributed by atoms with Crippen LogP contribution in [-0.2, 0) is 36.8 Å². The Bertz CT molecular complexity index is 1740. The normalized spacial score (nSPS) is 20.4. The molecule has 14 N–H and O–H groups in total. The number of nitrogens with zero attached hydrogens (tertiary/aromatic N) is 3. The van der Waals surface area contributed by atoms with Crippen LogP contribution in [0.4, 0.5) is 0 Å². The van der Waals surface area contributed by atoms with Gasteiger partial charge in [-0.05, 0) is 42.0 Å². The second-order valence-electron chi connectivity index (χ2n) is 12.1. The summed E-state index contributed by atoms with van der Waals surface area (Å²) in [6.45, 7) is -0.132. The predicted octanol–water partition coefficient (Wildman–Crippen LogP) is -2.48. The molecule has 0 unspecified atom stereocenters. The van der Waals surface area contributed by atoms with Crippen LogP contribution in [0.2, 0.25) is 0 Å². The van der Waals surface area contributed by atoms with Gasteiger partial charge >= 0.3 is 0 Å². The molecule has 4 rings (SSSR count). The topological polar surface area (TPSA) is 303 Å². The Morgan fingerprint density at radius 3 is 1.86 bits per heavy atom. The average molecular weight is 704 g/mol. The van der Waals surface area contributed by atoms with Crippen molar-refractivity contribution in [1.82, 2.24) is 36.6 Å². The Hall–Kier alpha value is -6.20. The standard InChI is InChI=1S/C33H45N13O5/c34-32(35)39-11-3-7-23-29(49)46-26(15-22-16-38-18-42-22)31(51)44-24(8-4-12-40-33(36)37)30(50)45-25(28(48)41-17-27(47)43-23)14-19-9-10-20-5-1-2-6-21(20)13-19/h1-2,5-6,9-10,13,16,18,23-26H,3-4,7-8,11-12,14-15,17H2,(H,38,42)(H,41,48)(H,43,47)(H,44,51)(H,45,50)(H,46,49)(H4,34,35,39)(H4,36,37,40)/t23-,24-,25-,26-/m0/s1. The summed E-state index contributed by atoms with van der Waals surface area (Å²) in [5.74, 6) is -3.57. The van der Waals surface area contributed by atoms with Crippen molar-refractivity contribution in [1.29, 1.82) is 0 Å². The largest absolute Gasteiger partial charge is 0.370 e. The van der Waals surface area contributed by atoms with Crippen molar-refractivity contribution in [2.75, 3.05) is 19.6 Å². The van der Waals surface area contributed by atoms with E-state index >= 15 is 0 Å². The van der Waals surface area contributed by atoms with Crippen molar-refractivity contribution >= 4 is 52.2 Å². The number of nitrogens with two attached hydrogens (primary N) is 4. The first-order valence-electron chi connectivity index (χ1n) is 16.5. The minimum atomic E-state index is -1.19. The maximum Gasteiger partial charge on any atom is 0.243 e. The lowest BCUT2D eigenvalue weighted by atomic mass is 10.0. The Morgan fingerprint density at radius 1 is 0.686 bits per heavy atom. The fourth-order valence-electron chi connectivity index (χ4n) is 5.53. The quantitative estimate of drug-likeness (QED) is 0.0538. The molecule has 0 aliphatic carbocycles. The molecule has 18 nitrogen and oxygen atoms in total. The molecule has 1 aliphatic heterocycles. The van der Waals surface area contributed by atoms with Crippen LogP contribution in [0.25, 0.3) is 10.8 Å². The van der Waals surface area contributed by atoms with Crippen LogP contribution in [0, 0.1) is 0 Å². The number of aliphatic imine (C=N–C) groups is 2. The van der Waals surface area contributed by atoms with Crippen LogP contribution in [0.1, 0.15) is 36.9 Å². The molecule has 1 fully saturated rings. The number of guanidine groups is 2. The molecule has 51 heavy (non-hydrogen) atoms. The van der Waals surface area contributed by atoms with Crippen LogP contribution < -0.4 is 49.5 Å². The van der Waals surface area contributed by atoms with Gasteiger partial charge in [0.2, 0.25) is 29.5 Å². The number of benzene rings is 2. The second-order valence-corrected chi connectivity index (χ2v) is 12.1. The summed E-state index contributed by atoms with van der Waals surface area (Å²) in [6.07, 6.45) is 3.80. The third-order valence-electron chi connectivity index (χ3n) is 8.10. The van der Waals surface area contributed by atoms with Crippen molar-refractivity contribution in [2.45, 2.75) is 62.7 Å². The van der Waals surface area contributed by atoms with Crippen LogP contribution in [-0.4, -0.2) is 95.2 Å². The van der Waals surface area contributed by atoms with Gasteiger partial charge in [-0.15, -0.1) is 0 Å². The van der Waals surface area contributed by atoms with Crippen LogP contribution in [0.3, 0.4) is 0 Å². The predicted molar refractivity (Wildman–Crippen MR) is 190 cm³/mol. The van der Waals surface area contributed by atoms with Gasteiger partial charge in [-0.3, -0.25) is 34.0 Å². The van der Waals surface area contributed by atoms with Gasteiger partial charge in [0.1, 0.15) is 24.2 Å². The number of carbonyl (C=O) groups excluding carboxylic acids is 5. The molecular weight excluding hydrogens is 658 g/mol. The van der Waals surface area contributed by atoms with Gasteiger partial charge < -0.3 is 54.5 Å². The Labute approximate surface area is 294 Å². The smallest absolute Gasteiger partial charge is 0.243 e. The number of hydrogen-bond acceptors (Lipinski definition) is 8. The molecule has 0 radical (unpaired) electrons. The number of rotatable bonds is 12. The molecule has 272 valence electrons. The van der Waals surface area contributed by atoms with Crippen molar-refractivity contribution in [2.24, 2.45) is 32.9 Å². The Morgan fingerprint density at radius 2 is 1.25 bits per heavy atom. The first kappa shape index (κ1) is 37.6. The monoisotopic (exact) mass is 703 g/mol. The maximum absolute atomic E-state index is 13.9. The molecule has 0 saturated carbocycles. The van der Waals surface area contributed by atoms with Gasteiger partial charge in [0.25, 0.3) is 0 Å². The number of carbonyl (C=O) groups is 5. The van der Waals surface area contributed by atoms with E-state index in [1.165, 1.54) is 12.5 Å². The van der Waals surface area contributed by atoms with E-state index in [2.05, 4.69) is 46.5 Å². The summed E-state index contributed by atoms with van der Waals surface area (Å²) in [5.41, 5.74) is 23.1. The fraction of sp³-hybridized carbons (Fsp3) is 0.394. The van der Waals surface area contributed by atoms with Gasteiger partial charge in [-0.25, -0.2) is 4.98 Å². The summed E-state index contributed by atoms with van der Waals surface area (Å²) < 4.78 is 0. The summed E-state index contributed by atoms with van der Waals surface area (Å²) in [7, 11) is 0. The van der Waals surface area contributed by atoms with Crippen LogP contribution in [0.15, 0.2) is 65.0 Å². The van der Waals surface area contributed by atoms with Crippen molar-refractivity contribution in [3.63, 3.8) is 0 Å². The van der Waals surface area contributed by atoms with E-state index in [4.69, 9.17) is 22.9 Å². The summed E-state index contributed by atoms with van der Waals surface area (Å²) in [6, 6.07) is 8.78. The number of aromatic nitrogens is 2. The molecule has 3 aromatic rings. The number of H-pyrrole nitrogens is 1. The minimum Gasteiger partial charge on any atom is -0.370 e. The molecule has 1 aromatic heterocycles. The number of nitrogens with one attached hydrogen (secondary N) is 6. The van der Waals surface area contributed by atoms with Gasteiger partial charge in [-0.2, -0.15) is 0 Å². The van der Waals surface area contributed by atoms with E-state index in [9.17, 15) is 24.0 Å². The molecule has 18 heteroatoms. The van der Waals surface area contributed by atoms with Gasteiger partial charge in [0, 0.05) is 37.8 Å². The zero-order valence-electron chi connectivity index (χ0n) is 28.1. The number of aromatic amines is 1. The van der Waals surface area contributed by atoms with Gasteiger partial charge in [-0.1, -0.05) is 42.5 Å². The van der Waals surface area contributed by atoms with Gasteiger partial charge in [0.05, 0.1) is 12.9 Å². The lowest BCUT2D eigenvalue weighted by Gasteiger charge is -2.26. The molecule has 5 amide bonds. The summed E-state index contributed by atoms with van der Waals surface area (Å²) in [4.78, 5) is 82.9. The first-order valence-corrected chi connectivity index (χ1v) is 16.5. The number of amides is 5. The SMILES string of the molecule is NC(N)=NCCC[C@@H]1NC(=O)CNC(=O)[C@H](Cc2ccc3ccccc3c2)NC(=O)[C@H](CCCN=C(N)N)NC(=O)[C@H](Cc2cnc[nH]2)NC1=O. The number of fused-ring (bicyclic) bond motifs is 1. The van der Waals surface area contributed by atoms with Crippen molar-refractivity contribution < 1.29 is 24.0 Å². The fourth-order valence-corrected chi connectivity index (χ4v) is 5.53. The lowest BCUT2D eigenvalue weighted by Crippen LogP contribution is -2.58. The lowest BCUT2D eigenvalue weighted by molar-refractivity contribution is -0.134. The molecule has 2 aromatic carbocycles. The number of imidazole rings is 1. The van der Waals surface area contributed by atoms with E-state index in [-0.39, 0.29) is 50.7 Å². The van der Waals surface area contributed by atoms with E-state index < -0.39 is 60.2 Å². The first-order chi connectivity index (χ1) is 24.5. The van der Waals surface area contributed by atoms with Crippen molar-refractivity contribution in [3.8, 4) is 0 Å². The van der Waals surface area contributed by atoms with Crippen LogP contribution >= 0.6 is 0 Å². The average Bonchev–Trinajstić information content (AvgIpc) is 3.61. The van der Waals surface area contributed by atoms with E-state index in [0.29, 0.717) is 18.5 Å². The van der Waals surface area contributed by atoms with Crippen LogP contribution in [0.5, 0.6) is 0 Å². The molecule has 1 saturated heterocycles. The van der Waals surface area contributed by atoms with E-state index in [0.717, 1.165) is 16.3 Å². The molecule has 1 aliphatic rings. The van der Waals surface area contributed by atoms with Crippen molar-refractivity contribution in [3.05, 3.63) is 66.2 Å². The summed E-state index contributed by atoms with van der Waals surface area (Å²) in [5, 5.41) is 15.4. The highest BCUT2D eigenvalue weighted by molar-refractivity contribution is 5.97. The Balaban J connectivity index is 1.66. The molecule has 0 spiro atoms. The number of hydrogen-bond donors (Lipinski definition) is 10. The second kappa shape index (κ2) is 18.5.